The number of benzene rings is 1. The van der Waals surface area contributed by atoms with E-state index in [0.717, 1.165) is 44.9 Å². The first kappa shape index (κ1) is 17.2. The number of hydrogen-bond donors (Lipinski definition) is 1. The maximum absolute atomic E-state index is 13.8. The van der Waals surface area contributed by atoms with E-state index in [4.69, 9.17) is 0 Å². The van der Waals surface area contributed by atoms with Crippen LogP contribution in [0.4, 0.5) is 10.1 Å². The van der Waals surface area contributed by atoms with Crippen LogP contribution in [0.3, 0.4) is 0 Å². The smallest absolute Gasteiger partial charge is 0.234 e. The number of halogens is 1. The summed E-state index contributed by atoms with van der Waals surface area (Å²) >= 11 is 0. The summed E-state index contributed by atoms with van der Waals surface area (Å²) in [4.78, 5) is 16.5. The highest BCUT2D eigenvalue weighted by Crippen LogP contribution is 2.23. The molecule has 1 saturated heterocycles. The average Bonchev–Trinajstić information content (AvgIpc) is 2.58. The van der Waals surface area contributed by atoms with Crippen LogP contribution >= 0.6 is 0 Å². The predicted octanol–water partition coefficient (Wildman–Crippen LogP) is 2.64. The van der Waals surface area contributed by atoms with Crippen molar-refractivity contribution in [2.45, 2.75) is 38.6 Å². The Balaban J connectivity index is 1.42. The van der Waals surface area contributed by atoms with Gasteiger partial charge in [-0.05, 0) is 43.7 Å². The van der Waals surface area contributed by atoms with E-state index in [2.05, 4.69) is 22.0 Å². The number of piperazine rings is 1. The van der Waals surface area contributed by atoms with Gasteiger partial charge in [0.2, 0.25) is 5.91 Å². The number of carbonyl (C=O) groups excluding carboxylic acids is 1. The minimum atomic E-state index is -0.171. The van der Waals surface area contributed by atoms with Gasteiger partial charge in [0.05, 0.1) is 12.2 Å². The molecule has 1 aromatic carbocycles. The third-order valence-electron chi connectivity index (χ3n) is 5.31. The second-order valence-electron chi connectivity index (χ2n) is 7.24. The number of hydrogen-bond acceptors (Lipinski definition) is 3. The van der Waals surface area contributed by atoms with E-state index in [1.165, 1.54) is 18.9 Å². The van der Waals surface area contributed by atoms with Crippen molar-refractivity contribution in [1.82, 2.24) is 10.2 Å². The van der Waals surface area contributed by atoms with E-state index in [1.54, 1.807) is 6.07 Å². The molecule has 2 fully saturated rings. The quantitative estimate of drug-likeness (QED) is 0.920. The number of para-hydroxylation sites is 1. The molecule has 1 aromatic rings. The number of anilines is 1. The van der Waals surface area contributed by atoms with Crippen molar-refractivity contribution < 1.29 is 9.18 Å². The molecule has 1 saturated carbocycles. The summed E-state index contributed by atoms with van der Waals surface area (Å²) in [6.07, 6.45) is 4.64. The summed E-state index contributed by atoms with van der Waals surface area (Å²) in [6, 6.07) is 7.25. The highest BCUT2D eigenvalue weighted by molar-refractivity contribution is 5.78. The Morgan fingerprint density at radius 2 is 1.79 bits per heavy atom. The van der Waals surface area contributed by atoms with Crippen LogP contribution in [0.5, 0.6) is 0 Å². The van der Waals surface area contributed by atoms with Crippen molar-refractivity contribution in [3.8, 4) is 0 Å². The van der Waals surface area contributed by atoms with Crippen molar-refractivity contribution in [3.05, 3.63) is 30.1 Å². The number of nitrogens with one attached hydrogen (secondary N) is 1. The standard InChI is InChI=1S/C19H28FN3O/c1-15-6-8-16(9-7-15)21-19(24)14-22-10-12-23(13-11-22)18-5-3-2-4-17(18)20/h2-5,15-16H,6-14H2,1H3,(H,21,24). The molecule has 0 aromatic heterocycles. The summed E-state index contributed by atoms with van der Waals surface area (Å²) in [6.45, 7) is 5.85. The van der Waals surface area contributed by atoms with Gasteiger partial charge in [-0.3, -0.25) is 9.69 Å². The molecule has 0 spiro atoms. The van der Waals surface area contributed by atoms with Crippen molar-refractivity contribution in [1.29, 1.82) is 0 Å². The Morgan fingerprint density at radius 3 is 2.46 bits per heavy atom. The Labute approximate surface area is 144 Å². The SMILES string of the molecule is CC1CCC(NC(=O)CN2CCN(c3ccccc3F)CC2)CC1. The Hall–Kier alpha value is -1.62. The number of rotatable bonds is 4. The first-order chi connectivity index (χ1) is 11.6. The molecule has 3 rings (SSSR count). The highest BCUT2D eigenvalue weighted by atomic mass is 19.1. The lowest BCUT2D eigenvalue weighted by Crippen LogP contribution is -2.51. The maximum atomic E-state index is 13.8. The first-order valence-electron chi connectivity index (χ1n) is 9.13. The molecule has 1 aliphatic carbocycles. The summed E-state index contributed by atoms with van der Waals surface area (Å²) < 4.78 is 13.8. The van der Waals surface area contributed by atoms with E-state index < -0.39 is 0 Å². The van der Waals surface area contributed by atoms with Gasteiger partial charge in [-0.2, -0.15) is 0 Å². The number of nitrogens with zero attached hydrogens (tertiary/aromatic N) is 2. The van der Waals surface area contributed by atoms with Crippen LogP contribution in [0.15, 0.2) is 24.3 Å². The fourth-order valence-electron chi connectivity index (χ4n) is 3.74. The molecule has 1 aliphatic heterocycles. The highest BCUT2D eigenvalue weighted by Gasteiger charge is 2.23. The number of carbonyl (C=O) groups is 1. The summed E-state index contributed by atoms with van der Waals surface area (Å²) in [5.41, 5.74) is 0.665. The molecule has 0 unspecified atom stereocenters. The predicted molar refractivity (Wildman–Crippen MR) is 94.6 cm³/mol. The minimum absolute atomic E-state index is 0.133. The van der Waals surface area contributed by atoms with Crippen LogP contribution in [0, 0.1) is 11.7 Å². The zero-order valence-corrected chi connectivity index (χ0v) is 14.5. The molecule has 1 N–H and O–H groups in total. The van der Waals surface area contributed by atoms with Crippen molar-refractivity contribution >= 4 is 11.6 Å². The molecule has 4 nitrogen and oxygen atoms in total. The van der Waals surface area contributed by atoms with Gasteiger partial charge in [0.25, 0.3) is 0 Å². The Bertz CT molecular complexity index is 549. The van der Waals surface area contributed by atoms with Gasteiger partial charge in [0, 0.05) is 32.2 Å². The second kappa shape index (κ2) is 7.97. The zero-order valence-electron chi connectivity index (χ0n) is 14.5. The van der Waals surface area contributed by atoms with E-state index in [9.17, 15) is 9.18 Å². The summed E-state index contributed by atoms with van der Waals surface area (Å²) in [7, 11) is 0. The van der Waals surface area contributed by atoms with Gasteiger partial charge >= 0.3 is 0 Å². The van der Waals surface area contributed by atoms with Gasteiger partial charge in [0.15, 0.2) is 0 Å². The Kier molecular flexibility index (Phi) is 5.72. The van der Waals surface area contributed by atoms with Gasteiger partial charge in [0.1, 0.15) is 5.82 Å². The minimum Gasteiger partial charge on any atom is -0.367 e. The lowest BCUT2D eigenvalue weighted by Gasteiger charge is -2.36. The molecule has 0 atom stereocenters. The monoisotopic (exact) mass is 333 g/mol. The zero-order chi connectivity index (χ0) is 16.9. The van der Waals surface area contributed by atoms with Gasteiger partial charge < -0.3 is 10.2 Å². The van der Waals surface area contributed by atoms with Crippen LogP contribution in [0.2, 0.25) is 0 Å². The summed E-state index contributed by atoms with van der Waals surface area (Å²) in [5, 5.41) is 3.18. The maximum Gasteiger partial charge on any atom is 0.234 e. The van der Waals surface area contributed by atoms with E-state index in [-0.39, 0.29) is 11.7 Å². The molecule has 132 valence electrons. The second-order valence-corrected chi connectivity index (χ2v) is 7.24. The molecular weight excluding hydrogens is 305 g/mol. The normalized spacial score (nSPS) is 25.5. The molecule has 24 heavy (non-hydrogen) atoms. The summed E-state index contributed by atoms with van der Waals surface area (Å²) in [5.74, 6) is 0.758. The van der Waals surface area contributed by atoms with Gasteiger partial charge in [-0.1, -0.05) is 19.1 Å². The van der Waals surface area contributed by atoms with Crippen molar-refractivity contribution in [3.63, 3.8) is 0 Å². The molecule has 1 heterocycles. The lowest BCUT2D eigenvalue weighted by atomic mass is 9.87. The fourth-order valence-corrected chi connectivity index (χ4v) is 3.74. The topological polar surface area (TPSA) is 35.6 Å². The van der Waals surface area contributed by atoms with E-state index in [1.807, 2.05) is 12.1 Å². The van der Waals surface area contributed by atoms with Crippen LogP contribution in [0.1, 0.15) is 32.6 Å². The third-order valence-corrected chi connectivity index (χ3v) is 5.31. The van der Waals surface area contributed by atoms with Crippen molar-refractivity contribution in [2.75, 3.05) is 37.6 Å². The molecule has 0 radical (unpaired) electrons. The Morgan fingerprint density at radius 1 is 1.12 bits per heavy atom. The molecule has 2 aliphatic rings. The largest absolute Gasteiger partial charge is 0.367 e. The van der Waals surface area contributed by atoms with Crippen LogP contribution in [-0.2, 0) is 4.79 Å². The fraction of sp³-hybridized carbons (Fsp3) is 0.632. The molecule has 1 amide bonds. The lowest BCUT2D eigenvalue weighted by molar-refractivity contribution is -0.123. The molecule has 5 heteroatoms. The first-order valence-corrected chi connectivity index (χ1v) is 9.13. The van der Waals surface area contributed by atoms with Gasteiger partial charge in [-0.15, -0.1) is 0 Å². The van der Waals surface area contributed by atoms with Gasteiger partial charge in [-0.25, -0.2) is 4.39 Å². The van der Waals surface area contributed by atoms with Crippen LogP contribution in [-0.4, -0.2) is 49.6 Å². The number of amides is 1. The average molecular weight is 333 g/mol. The van der Waals surface area contributed by atoms with E-state index >= 15 is 0 Å². The van der Waals surface area contributed by atoms with Crippen LogP contribution < -0.4 is 10.2 Å². The molecular formula is C19H28FN3O. The molecule has 0 bridgehead atoms. The van der Waals surface area contributed by atoms with Crippen LogP contribution in [0.25, 0.3) is 0 Å². The third kappa shape index (κ3) is 4.47. The van der Waals surface area contributed by atoms with Crippen molar-refractivity contribution in [2.24, 2.45) is 5.92 Å². The van der Waals surface area contributed by atoms with E-state index in [0.29, 0.717) is 18.3 Å².